The van der Waals surface area contributed by atoms with Gasteiger partial charge >= 0.3 is 0 Å². The highest BCUT2D eigenvalue weighted by Gasteiger charge is 2.59. The maximum absolute atomic E-state index is 8.80. The van der Waals surface area contributed by atoms with Crippen LogP contribution in [0.2, 0.25) is 0 Å². The minimum atomic E-state index is -1.08. The molecule has 118 valence electrons. The van der Waals surface area contributed by atoms with Gasteiger partial charge < -0.3 is 14.2 Å². The van der Waals surface area contributed by atoms with Crippen LogP contribution in [-0.4, -0.2) is 42.3 Å². The summed E-state index contributed by atoms with van der Waals surface area (Å²) < 4.78 is 17.8. The van der Waals surface area contributed by atoms with Crippen molar-refractivity contribution in [2.45, 2.75) is 49.6 Å². The largest absolute Gasteiger partial charge is 0.360 e. The first-order chi connectivity index (χ1) is 10.4. The fraction of sp³-hybridized carbons (Fsp3) is 0.692. The van der Waals surface area contributed by atoms with Gasteiger partial charge in [-0.05, 0) is 24.9 Å². The van der Waals surface area contributed by atoms with E-state index < -0.39 is 35.7 Å². The number of rotatable bonds is 5. The van der Waals surface area contributed by atoms with E-state index in [2.05, 4.69) is 33.2 Å². The van der Waals surface area contributed by atoms with E-state index in [0.29, 0.717) is 0 Å². The maximum Gasteiger partial charge on any atom is 0.163 e. The third-order valence-corrected chi connectivity index (χ3v) is 3.78. The molecule has 9 heteroatoms. The van der Waals surface area contributed by atoms with Gasteiger partial charge in [0.25, 0.3) is 0 Å². The lowest BCUT2D eigenvalue weighted by Gasteiger charge is -2.46. The van der Waals surface area contributed by atoms with Crippen LogP contribution in [0.25, 0.3) is 20.9 Å². The van der Waals surface area contributed by atoms with Crippen molar-refractivity contribution in [1.82, 2.24) is 0 Å². The fourth-order valence-corrected chi connectivity index (χ4v) is 2.87. The van der Waals surface area contributed by atoms with Gasteiger partial charge in [0.1, 0.15) is 17.8 Å². The highest BCUT2D eigenvalue weighted by molar-refractivity contribution is 5.18. The Bertz CT molecular complexity index is 566. The van der Waals surface area contributed by atoms with E-state index >= 15 is 0 Å². The molecule has 0 saturated carbocycles. The Kier molecular flexibility index (Phi) is 4.46. The molecule has 2 heterocycles. The zero-order valence-corrected chi connectivity index (χ0v) is 12.5. The molecule has 9 nitrogen and oxygen atoms in total. The second kappa shape index (κ2) is 6.00. The molecule has 0 aromatic heterocycles. The molecule has 0 bridgehead atoms. The summed E-state index contributed by atoms with van der Waals surface area (Å²) in [7, 11) is 0. The first-order valence-corrected chi connectivity index (χ1v) is 6.77. The molecule has 0 aromatic carbocycles. The van der Waals surface area contributed by atoms with Crippen LogP contribution in [0.15, 0.2) is 35.5 Å². The smallest absolute Gasteiger partial charge is 0.163 e. The lowest BCUT2D eigenvalue weighted by molar-refractivity contribution is -0.177. The molecule has 0 radical (unpaired) electrons. The fourth-order valence-electron chi connectivity index (χ4n) is 2.87. The van der Waals surface area contributed by atoms with Gasteiger partial charge in [0, 0.05) is 9.82 Å². The van der Waals surface area contributed by atoms with Gasteiger partial charge in [-0.1, -0.05) is 22.4 Å². The Hall–Kier alpha value is -2.02. The van der Waals surface area contributed by atoms with Crippen molar-refractivity contribution in [3.8, 4) is 0 Å². The van der Waals surface area contributed by atoms with E-state index in [-0.39, 0.29) is 6.54 Å². The van der Waals surface area contributed by atoms with Crippen molar-refractivity contribution < 1.29 is 14.2 Å². The minimum Gasteiger partial charge on any atom is -0.360 e. The molecule has 2 rings (SSSR count). The lowest BCUT2D eigenvalue weighted by Crippen LogP contribution is -2.62. The summed E-state index contributed by atoms with van der Waals surface area (Å²) in [5, 5.41) is 7.36. The van der Waals surface area contributed by atoms with Crippen LogP contribution in [-0.2, 0) is 14.2 Å². The molecule has 0 N–H and O–H groups in total. The van der Waals surface area contributed by atoms with E-state index in [1.165, 1.54) is 12.2 Å². The summed E-state index contributed by atoms with van der Waals surface area (Å²) in [6.07, 6.45) is 1.28. The molecule has 0 amide bonds. The Morgan fingerprint density at radius 3 is 2.45 bits per heavy atom. The maximum atomic E-state index is 8.80. The molecule has 0 spiro atoms. The SMILES string of the molecule is C=CC1OC(C=C)(CN=[N+]=[N-])[C@@H]2OC(C)(C)OC2[C@@H]1N=[N+]=[N-]. The third-order valence-electron chi connectivity index (χ3n) is 3.78. The lowest BCUT2D eigenvalue weighted by atomic mass is 9.83. The van der Waals surface area contributed by atoms with Gasteiger partial charge in [0.05, 0.1) is 18.7 Å². The normalized spacial score (nSPS) is 39.0. The number of hydrogen-bond acceptors (Lipinski definition) is 5. The van der Waals surface area contributed by atoms with Crippen molar-refractivity contribution in [3.63, 3.8) is 0 Å². The molecule has 0 aromatic rings. The Balaban J connectivity index is 2.49. The summed E-state index contributed by atoms with van der Waals surface area (Å²) in [6, 6.07) is -0.631. The van der Waals surface area contributed by atoms with Crippen molar-refractivity contribution in [2.24, 2.45) is 10.2 Å². The zero-order valence-electron chi connectivity index (χ0n) is 12.5. The first-order valence-electron chi connectivity index (χ1n) is 6.77. The van der Waals surface area contributed by atoms with E-state index in [1.54, 1.807) is 13.8 Å². The van der Waals surface area contributed by atoms with Crippen LogP contribution in [0.3, 0.4) is 0 Å². The molecule has 2 aliphatic heterocycles. The summed E-state index contributed by atoms with van der Waals surface area (Å²) in [5.41, 5.74) is 16.3. The quantitative estimate of drug-likeness (QED) is 0.335. The Labute approximate surface area is 127 Å². The van der Waals surface area contributed by atoms with Gasteiger partial charge in [0.15, 0.2) is 5.79 Å². The summed E-state index contributed by atoms with van der Waals surface area (Å²) >= 11 is 0. The van der Waals surface area contributed by atoms with Crippen LogP contribution in [0.1, 0.15) is 13.8 Å². The van der Waals surface area contributed by atoms with Crippen LogP contribution < -0.4 is 0 Å². The van der Waals surface area contributed by atoms with Gasteiger partial charge in [0.2, 0.25) is 0 Å². The second-order valence-corrected chi connectivity index (χ2v) is 5.58. The minimum absolute atomic E-state index is 0.0130. The summed E-state index contributed by atoms with van der Waals surface area (Å²) in [4.78, 5) is 5.63. The molecule has 3 unspecified atom stereocenters. The highest BCUT2D eigenvalue weighted by Crippen LogP contribution is 2.44. The predicted molar refractivity (Wildman–Crippen MR) is 78.8 cm³/mol. The molecule has 2 fully saturated rings. The average molecular weight is 306 g/mol. The van der Waals surface area contributed by atoms with Crippen molar-refractivity contribution in [3.05, 3.63) is 46.2 Å². The number of fused-ring (bicyclic) bond motifs is 1. The summed E-state index contributed by atoms with van der Waals surface area (Å²) in [6.45, 7) is 11.0. The van der Waals surface area contributed by atoms with E-state index in [1.807, 2.05) is 0 Å². The Morgan fingerprint density at radius 2 is 1.91 bits per heavy atom. The van der Waals surface area contributed by atoms with Crippen molar-refractivity contribution >= 4 is 0 Å². The standard InChI is InChI=1S/C13H18N6O3/c1-5-8-9(17-19-15)10-11(22-12(3,4)21-10)13(6-2,20-8)7-16-18-14/h5-6,8-11H,1-2,7H2,3-4H3/t8?,9-,10?,11-,13?/m1/s1. The number of nitrogens with zero attached hydrogens (tertiary/aromatic N) is 6. The average Bonchev–Trinajstić information content (AvgIpc) is 2.83. The topological polar surface area (TPSA) is 125 Å². The van der Waals surface area contributed by atoms with Gasteiger partial charge in [-0.25, -0.2) is 0 Å². The van der Waals surface area contributed by atoms with E-state index in [9.17, 15) is 0 Å². The van der Waals surface area contributed by atoms with Crippen molar-refractivity contribution in [2.75, 3.05) is 6.54 Å². The van der Waals surface area contributed by atoms with Gasteiger partial charge in [-0.2, -0.15) is 0 Å². The van der Waals surface area contributed by atoms with Crippen LogP contribution in [0, 0.1) is 0 Å². The van der Waals surface area contributed by atoms with Crippen molar-refractivity contribution in [1.29, 1.82) is 0 Å². The predicted octanol–water partition coefficient (Wildman–Crippen LogP) is 3.01. The van der Waals surface area contributed by atoms with E-state index in [4.69, 9.17) is 25.3 Å². The summed E-state index contributed by atoms with van der Waals surface area (Å²) in [5.74, 6) is -0.886. The number of ether oxygens (including phenoxy) is 3. The van der Waals surface area contributed by atoms with E-state index in [0.717, 1.165) is 0 Å². The van der Waals surface area contributed by atoms with Crippen LogP contribution >= 0.6 is 0 Å². The Morgan fingerprint density at radius 1 is 1.18 bits per heavy atom. The molecule has 22 heavy (non-hydrogen) atoms. The molecule has 2 aliphatic rings. The second-order valence-electron chi connectivity index (χ2n) is 5.58. The first kappa shape index (κ1) is 16.4. The van der Waals surface area contributed by atoms with Crippen LogP contribution in [0.4, 0.5) is 0 Å². The number of azide groups is 2. The molecule has 0 aliphatic carbocycles. The zero-order chi connectivity index (χ0) is 16.4. The van der Waals surface area contributed by atoms with Crippen LogP contribution in [0.5, 0.6) is 0 Å². The monoisotopic (exact) mass is 306 g/mol. The molecular weight excluding hydrogens is 288 g/mol. The molecular formula is C13H18N6O3. The number of hydrogen-bond donors (Lipinski definition) is 0. The highest BCUT2D eigenvalue weighted by atomic mass is 16.8. The van der Waals surface area contributed by atoms with Gasteiger partial charge in [-0.15, -0.1) is 13.2 Å². The third kappa shape index (κ3) is 2.68. The molecule has 2 saturated heterocycles. The van der Waals surface area contributed by atoms with Gasteiger partial charge in [-0.3, -0.25) is 0 Å². The molecule has 5 atom stereocenters.